The smallest absolute Gasteiger partial charge is 0.229 e. The predicted molar refractivity (Wildman–Crippen MR) is 97.5 cm³/mol. The van der Waals surface area contributed by atoms with Gasteiger partial charge in [0.2, 0.25) is 10.0 Å². The van der Waals surface area contributed by atoms with Gasteiger partial charge in [0.05, 0.1) is 11.5 Å². The molecule has 1 aromatic heterocycles. The first-order valence-electron chi connectivity index (χ1n) is 7.92. The maximum atomic E-state index is 12.6. The van der Waals surface area contributed by atoms with Crippen LogP contribution in [0, 0.1) is 0 Å². The molecule has 7 nitrogen and oxygen atoms in total. The summed E-state index contributed by atoms with van der Waals surface area (Å²) in [5, 5.41) is 8.84. The topological polar surface area (TPSA) is 93.9 Å². The van der Waals surface area contributed by atoms with Gasteiger partial charge in [0.25, 0.3) is 0 Å². The summed E-state index contributed by atoms with van der Waals surface area (Å²) in [4.78, 5) is 12.6. The van der Waals surface area contributed by atoms with Gasteiger partial charge in [-0.15, -0.1) is 10.2 Å². The summed E-state index contributed by atoms with van der Waals surface area (Å²) in [6.07, 6.45) is 3.39. The minimum absolute atomic E-state index is 0.0353. The largest absolute Gasteiger partial charge is 0.309 e. The Morgan fingerprint density at radius 3 is 2.48 bits per heavy atom. The van der Waals surface area contributed by atoms with Crippen molar-refractivity contribution in [3.63, 3.8) is 0 Å². The normalized spacial score (nSPS) is 15.8. The maximum Gasteiger partial charge on any atom is 0.229 e. The van der Waals surface area contributed by atoms with Crippen molar-refractivity contribution in [1.29, 1.82) is 0 Å². The Bertz CT molecular complexity index is 887. The van der Waals surface area contributed by atoms with Crippen LogP contribution in [0.15, 0.2) is 29.4 Å². The summed E-state index contributed by atoms with van der Waals surface area (Å²) in [6, 6.07) is 6.41. The molecule has 1 aliphatic carbocycles. The van der Waals surface area contributed by atoms with E-state index in [4.69, 9.17) is 0 Å². The van der Waals surface area contributed by atoms with E-state index in [1.54, 1.807) is 24.3 Å². The Morgan fingerprint density at radius 1 is 1.28 bits per heavy atom. The lowest BCUT2D eigenvalue weighted by atomic mass is 10.1. The van der Waals surface area contributed by atoms with Crippen molar-refractivity contribution in [3.05, 3.63) is 35.7 Å². The SMILES string of the molecule is C[C@@H](Sc1nnc(C2CC2)n1C)C(=O)c1ccc(NS(C)(=O)=O)cc1. The van der Waals surface area contributed by atoms with E-state index >= 15 is 0 Å². The van der Waals surface area contributed by atoms with Crippen LogP contribution >= 0.6 is 11.8 Å². The van der Waals surface area contributed by atoms with Gasteiger partial charge >= 0.3 is 0 Å². The zero-order valence-electron chi connectivity index (χ0n) is 14.3. The van der Waals surface area contributed by atoms with Crippen molar-refractivity contribution in [2.75, 3.05) is 11.0 Å². The molecule has 0 bridgehead atoms. The molecule has 1 atom stereocenters. The first-order chi connectivity index (χ1) is 11.7. The Kier molecular flexibility index (Phi) is 4.88. The number of hydrogen-bond acceptors (Lipinski definition) is 6. The lowest BCUT2D eigenvalue weighted by molar-refractivity contribution is 0.0994. The average molecular weight is 380 g/mol. The van der Waals surface area contributed by atoms with Crippen LogP contribution < -0.4 is 4.72 Å². The van der Waals surface area contributed by atoms with Crippen molar-refractivity contribution in [2.45, 2.75) is 36.1 Å². The molecule has 0 radical (unpaired) electrons. The van der Waals surface area contributed by atoms with Gasteiger partial charge in [-0.2, -0.15) is 0 Å². The van der Waals surface area contributed by atoms with Gasteiger partial charge in [-0.3, -0.25) is 9.52 Å². The number of anilines is 1. The summed E-state index contributed by atoms with van der Waals surface area (Å²) in [7, 11) is -1.40. The summed E-state index contributed by atoms with van der Waals surface area (Å²) in [6.45, 7) is 1.83. The number of carbonyl (C=O) groups excluding carboxylic acids is 1. The van der Waals surface area contributed by atoms with Gasteiger partial charge < -0.3 is 4.57 Å². The second-order valence-electron chi connectivity index (χ2n) is 6.25. The average Bonchev–Trinajstić information content (AvgIpc) is 3.31. The standard InChI is InChI=1S/C16H20N4O3S2/c1-10(24-16-18-17-15(20(16)2)12-4-5-12)14(21)11-6-8-13(9-7-11)19-25(3,22)23/h6-10,12,19H,4-5H2,1-3H3/t10-/m1/s1. The molecule has 1 heterocycles. The molecule has 134 valence electrons. The second-order valence-corrected chi connectivity index (χ2v) is 9.31. The Hall–Kier alpha value is -1.87. The van der Waals surface area contributed by atoms with E-state index in [1.165, 1.54) is 11.8 Å². The monoisotopic (exact) mass is 380 g/mol. The molecular weight excluding hydrogens is 360 g/mol. The van der Waals surface area contributed by atoms with Crippen molar-refractivity contribution < 1.29 is 13.2 Å². The zero-order chi connectivity index (χ0) is 18.2. The number of benzene rings is 1. The number of carbonyl (C=O) groups is 1. The minimum atomic E-state index is -3.33. The van der Waals surface area contributed by atoms with Crippen LogP contribution in [0.2, 0.25) is 0 Å². The molecular formula is C16H20N4O3S2. The number of rotatable bonds is 7. The third-order valence-corrected chi connectivity index (χ3v) is 5.68. The molecule has 1 N–H and O–H groups in total. The predicted octanol–water partition coefficient (Wildman–Crippen LogP) is 2.43. The highest BCUT2D eigenvalue weighted by atomic mass is 32.2. The van der Waals surface area contributed by atoms with E-state index in [2.05, 4.69) is 14.9 Å². The van der Waals surface area contributed by atoms with Crippen molar-refractivity contribution in [1.82, 2.24) is 14.8 Å². The third-order valence-electron chi connectivity index (χ3n) is 3.94. The Morgan fingerprint density at radius 2 is 1.92 bits per heavy atom. The van der Waals surface area contributed by atoms with Crippen LogP contribution in [-0.2, 0) is 17.1 Å². The number of sulfonamides is 1. The first kappa shape index (κ1) is 17.9. The van der Waals surface area contributed by atoms with Gasteiger partial charge in [0, 0.05) is 24.2 Å². The van der Waals surface area contributed by atoms with Crippen molar-refractivity contribution in [2.24, 2.45) is 7.05 Å². The Balaban J connectivity index is 1.67. The molecule has 1 aromatic carbocycles. The number of nitrogens with one attached hydrogen (secondary N) is 1. The summed E-state index contributed by atoms with van der Waals surface area (Å²) in [5.41, 5.74) is 0.963. The molecule has 0 saturated heterocycles. The lowest BCUT2D eigenvalue weighted by Crippen LogP contribution is -2.15. The van der Waals surface area contributed by atoms with Crippen LogP contribution in [0.5, 0.6) is 0 Å². The Labute approximate surface area is 151 Å². The minimum Gasteiger partial charge on any atom is -0.309 e. The molecule has 9 heteroatoms. The molecule has 0 unspecified atom stereocenters. The highest BCUT2D eigenvalue weighted by Crippen LogP contribution is 2.39. The molecule has 0 amide bonds. The maximum absolute atomic E-state index is 12.6. The molecule has 1 saturated carbocycles. The molecule has 0 aliphatic heterocycles. The molecule has 2 aromatic rings. The number of ketones is 1. The van der Waals surface area contributed by atoms with Crippen molar-refractivity contribution in [3.8, 4) is 0 Å². The third kappa shape index (κ3) is 4.40. The quantitative estimate of drug-likeness (QED) is 0.586. The van der Waals surface area contributed by atoms with Crippen LogP contribution in [0.1, 0.15) is 41.9 Å². The lowest BCUT2D eigenvalue weighted by Gasteiger charge is -2.11. The van der Waals surface area contributed by atoms with E-state index in [-0.39, 0.29) is 11.0 Å². The fourth-order valence-corrected chi connectivity index (χ4v) is 3.95. The van der Waals surface area contributed by atoms with Crippen LogP contribution in [-0.4, -0.2) is 40.5 Å². The van der Waals surface area contributed by atoms with Gasteiger partial charge in [-0.1, -0.05) is 11.8 Å². The van der Waals surface area contributed by atoms with Crippen LogP contribution in [0.3, 0.4) is 0 Å². The highest BCUT2D eigenvalue weighted by molar-refractivity contribution is 8.00. The zero-order valence-corrected chi connectivity index (χ0v) is 15.9. The van der Waals surface area contributed by atoms with E-state index in [0.717, 1.165) is 30.1 Å². The van der Waals surface area contributed by atoms with Gasteiger partial charge in [0.1, 0.15) is 5.82 Å². The van der Waals surface area contributed by atoms with Crippen molar-refractivity contribution >= 4 is 33.3 Å². The molecule has 25 heavy (non-hydrogen) atoms. The molecule has 1 fully saturated rings. The van der Waals surface area contributed by atoms with Gasteiger partial charge in [-0.05, 0) is 44.0 Å². The number of hydrogen-bond donors (Lipinski definition) is 1. The summed E-state index contributed by atoms with van der Waals surface area (Å²) >= 11 is 1.38. The number of Topliss-reactive ketones (excluding diaryl/α,β-unsaturated/α-hetero) is 1. The summed E-state index contributed by atoms with van der Waals surface area (Å²) < 4.78 is 26.8. The van der Waals surface area contributed by atoms with E-state index in [1.807, 2.05) is 18.5 Å². The van der Waals surface area contributed by atoms with Crippen LogP contribution in [0.25, 0.3) is 0 Å². The molecule has 0 spiro atoms. The molecule has 3 rings (SSSR count). The van der Waals surface area contributed by atoms with Crippen LogP contribution in [0.4, 0.5) is 5.69 Å². The second kappa shape index (κ2) is 6.80. The number of nitrogens with zero attached hydrogens (tertiary/aromatic N) is 3. The first-order valence-corrected chi connectivity index (χ1v) is 10.7. The van der Waals surface area contributed by atoms with E-state index < -0.39 is 10.0 Å². The van der Waals surface area contributed by atoms with E-state index in [0.29, 0.717) is 17.2 Å². The van der Waals surface area contributed by atoms with Gasteiger partial charge in [0.15, 0.2) is 10.9 Å². The number of thioether (sulfide) groups is 1. The number of aromatic nitrogens is 3. The highest BCUT2D eigenvalue weighted by Gasteiger charge is 2.30. The molecule has 1 aliphatic rings. The van der Waals surface area contributed by atoms with Gasteiger partial charge in [-0.25, -0.2) is 8.42 Å². The van der Waals surface area contributed by atoms with E-state index in [9.17, 15) is 13.2 Å². The fourth-order valence-electron chi connectivity index (χ4n) is 2.49. The summed E-state index contributed by atoms with van der Waals surface area (Å²) in [5.74, 6) is 1.46. The fraction of sp³-hybridized carbons (Fsp3) is 0.438.